The van der Waals surface area contributed by atoms with Gasteiger partial charge in [-0.25, -0.2) is 4.39 Å². The molecule has 28 heavy (non-hydrogen) atoms. The molecule has 0 radical (unpaired) electrons. The van der Waals surface area contributed by atoms with E-state index in [0.29, 0.717) is 42.8 Å². The Morgan fingerprint density at radius 1 is 1.29 bits per heavy atom. The number of amides is 1. The van der Waals surface area contributed by atoms with Crippen molar-refractivity contribution in [3.8, 4) is 0 Å². The van der Waals surface area contributed by atoms with Crippen LogP contribution in [0.15, 0.2) is 38.9 Å². The lowest BCUT2D eigenvalue weighted by molar-refractivity contribution is -0.126. The van der Waals surface area contributed by atoms with Crippen molar-refractivity contribution >= 4 is 33.3 Å². The van der Waals surface area contributed by atoms with E-state index >= 15 is 0 Å². The largest absolute Gasteiger partial charge is 0.380 e. The van der Waals surface area contributed by atoms with E-state index in [4.69, 9.17) is 9.73 Å². The molecule has 0 aromatic heterocycles. The lowest BCUT2D eigenvalue weighted by Gasteiger charge is -2.34. The summed E-state index contributed by atoms with van der Waals surface area (Å²) < 4.78 is 19.5. The SMILES string of the molecule is CCOCCN1CC2=C(C1=O)C(c1ccc(F)c(Br)c1)C1C(=O)CCCC1=N2. The highest BCUT2D eigenvalue weighted by Crippen LogP contribution is 2.46. The van der Waals surface area contributed by atoms with E-state index < -0.39 is 11.8 Å². The van der Waals surface area contributed by atoms with Gasteiger partial charge in [0.2, 0.25) is 0 Å². The number of ether oxygens (including phenoxy) is 1. The molecule has 0 saturated heterocycles. The number of fused-ring (bicyclic) bond motifs is 1. The molecule has 2 atom stereocenters. The Bertz CT molecular complexity index is 896. The molecule has 1 aromatic carbocycles. The molecule has 4 rings (SSSR count). The molecular formula is C21H22BrFN2O3. The fraction of sp³-hybridized carbons (Fsp3) is 0.476. The topological polar surface area (TPSA) is 59.0 Å². The molecule has 1 fully saturated rings. The number of carbonyl (C=O) groups excluding carboxylic acids is 2. The van der Waals surface area contributed by atoms with Crippen LogP contribution in [0.25, 0.3) is 0 Å². The molecule has 7 heteroatoms. The lowest BCUT2D eigenvalue weighted by atomic mass is 9.69. The number of aliphatic imine (C=N–C) groups is 1. The van der Waals surface area contributed by atoms with Gasteiger partial charge in [0, 0.05) is 36.8 Å². The van der Waals surface area contributed by atoms with Crippen molar-refractivity contribution in [2.24, 2.45) is 10.9 Å². The minimum absolute atomic E-state index is 0.0960. The number of hydrogen-bond acceptors (Lipinski definition) is 4. The predicted molar refractivity (Wildman–Crippen MR) is 107 cm³/mol. The van der Waals surface area contributed by atoms with Gasteiger partial charge in [0.05, 0.1) is 29.2 Å². The summed E-state index contributed by atoms with van der Waals surface area (Å²) >= 11 is 3.24. The summed E-state index contributed by atoms with van der Waals surface area (Å²) in [5.74, 6) is -1.19. The summed E-state index contributed by atoms with van der Waals surface area (Å²) in [6.07, 6.45) is 2.05. The maximum atomic E-state index is 13.8. The number of carbonyl (C=O) groups is 2. The average Bonchev–Trinajstić information content (AvgIpc) is 2.98. The van der Waals surface area contributed by atoms with Crippen LogP contribution in [0.3, 0.4) is 0 Å². The Balaban J connectivity index is 1.75. The van der Waals surface area contributed by atoms with Crippen LogP contribution in [0.2, 0.25) is 0 Å². The molecule has 3 aliphatic rings. The van der Waals surface area contributed by atoms with Crippen LogP contribution in [0, 0.1) is 11.7 Å². The minimum Gasteiger partial charge on any atom is -0.380 e. The van der Waals surface area contributed by atoms with Crippen molar-refractivity contribution in [3.63, 3.8) is 0 Å². The van der Waals surface area contributed by atoms with E-state index in [1.807, 2.05) is 6.92 Å². The summed E-state index contributed by atoms with van der Waals surface area (Å²) in [6.45, 7) is 3.90. The Hall–Kier alpha value is -1.86. The number of rotatable bonds is 5. The lowest BCUT2D eigenvalue weighted by Crippen LogP contribution is -2.39. The van der Waals surface area contributed by atoms with E-state index in [-0.39, 0.29) is 17.5 Å². The molecule has 0 spiro atoms. The van der Waals surface area contributed by atoms with Crippen LogP contribution in [0.1, 0.15) is 37.7 Å². The van der Waals surface area contributed by atoms with Crippen molar-refractivity contribution in [2.75, 3.05) is 26.3 Å². The molecule has 148 valence electrons. The van der Waals surface area contributed by atoms with E-state index in [2.05, 4.69) is 15.9 Å². The van der Waals surface area contributed by atoms with E-state index in [1.54, 1.807) is 17.0 Å². The molecule has 1 amide bonds. The summed E-state index contributed by atoms with van der Waals surface area (Å²) in [5, 5.41) is 0. The van der Waals surface area contributed by atoms with Gasteiger partial charge >= 0.3 is 0 Å². The Labute approximate surface area is 171 Å². The van der Waals surface area contributed by atoms with Gasteiger partial charge in [-0.3, -0.25) is 14.6 Å². The number of halogens is 2. The van der Waals surface area contributed by atoms with Gasteiger partial charge < -0.3 is 9.64 Å². The highest BCUT2D eigenvalue weighted by molar-refractivity contribution is 9.10. The smallest absolute Gasteiger partial charge is 0.252 e. The zero-order valence-electron chi connectivity index (χ0n) is 15.7. The third kappa shape index (κ3) is 3.35. The van der Waals surface area contributed by atoms with Crippen molar-refractivity contribution in [2.45, 2.75) is 32.1 Å². The van der Waals surface area contributed by atoms with Crippen molar-refractivity contribution in [1.82, 2.24) is 4.90 Å². The third-order valence-corrected chi connectivity index (χ3v) is 6.27. The van der Waals surface area contributed by atoms with Gasteiger partial charge in [0.15, 0.2) is 0 Å². The van der Waals surface area contributed by atoms with Gasteiger partial charge in [-0.05, 0) is 53.4 Å². The Kier molecular flexibility index (Phi) is 5.47. The second kappa shape index (κ2) is 7.87. The summed E-state index contributed by atoms with van der Waals surface area (Å²) in [5.41, 5.74) is 2.96. The maximum absolute atomic E-state index is 13.8. The van der Waals surface area contributed by atoms with Crippen molar-refractivity contribution in [1.29, 1.82) is 0 Å². The van der Waals surface area contributed by atoms with E-state index in [0.717, 1.165) is 29.8 Å². The molecular weight excluding hydrogens is 427 g/mol. The number of ketones is 1. The monoisotopic (exact) mass is 448 g/mol. The van der Waals surface area contributed by atoms with Crippen LogP contribution >= 0.6 is 15.9 Å². The van der Waals surface area contributed by atoms with Gasteiger partial charge in [-0.15, -0.1) is 0 Å². The fourth-order valence-electron chi connectivity index (χ4n) is 4.39. The van der Waals surface area contributed by atoms with Gasteiger partial charge in [-0.1, -0.05) is 6.07 Å². The normalized spacial score (nSPS) is 24.4. The van der Waals surface area contributed by atoms with Crippen LogP contribution in [-0.4, -0.2) is 48.6 Å². The average molecular weight is 449 g/mol. The van der Waals surface area contributed by atoms with Gasteiger partial charge in [0.25, 0.3) is 5.91 Å². The van der Waals surface area contributed by atoms with E-state index in [9.17, 15) is 14.0 Å². The number of benzene rings is 1. The number of hydrogen-bond donors (Lipinski definition) is 0. The van der Waals surface area contributed by atoms with Crippen molar-refractivity contribution in [3.05, 3.63) is 45.3 Å². The quantitative estimate of drug-likeness (QED) is 0.646. The minimum atomic E-state index is -0.430. The zero-order chi connectivity index (χ0) is 19.8. The van der Waals surface area contributed by atoms with E-state index in [1.165, 1.54) is 6.07 Å². The standard InChI is InChI=1S/C21H22BrFN2O3/c1-2-28-9-8-25-11-16-20(21(25)27)18(12-6-7-14(23)13(22)10-12)19-15(24-16)4-3-5-17(19)26/h6-7,10,18-19H,2-5,8-9,11H2,1H3. The first-order valence-corrected chi connectivity index (χ1v) is 10.5. The van der Waals surface area contributed by atoms with Crippen LogP contribution in [0.5, 0.6) is 0 Å². The first kappa shape index (κ1) is 19.5. The molecule has 0 N–H and O–H groups in total. The molecule has 5 nitrogen and oxygen atoms in total. The highest BCUT2D eigenvalue weighted by atomic mass is 79.9. The molecule has 2 heterocycles. The maximum Gasteiger partial charge on any atom is 0.252 e. The molecule has 1 saturated carbocycles. The first-order chi connectivity index (χ1) is 13.5. The molecule has 1 aromatic rings. The zero-order valence-corrected chi connectivity index (χ0v) is 17.3. The van der Waals surface area contributed by atoms with Crippen LogP contribution < -0.4 is 0 Å². The summed E-state index contributed by atoms with van der Waals surface area (Å²) in [7, 11) is 0. The predicted octanol–water partition coefficient (Wildman–Crippen LogP) is 3.63. The first-order valence-electron chi connectivity index (χ1n) is 9.66. The molecule has 1 aliphatic carbocycles. The molecule has 0 bridgehead atoms. The summed E-state index contributed by atoms with van der Waals surface area (Å²) in [4.78, 5) is 32.5. The fourth-order valence-corrected chi connectivity index (χ4v) is 4.79. The highest BCUT2D eigenvalue weighted by Gasteiger charge is 2.47. The summed E-state index contributed by atoms with van der Waals surface area (Å²) in [6, 6.07) is 4.74. The van der Waals surface area contributed by atoms with Gasteiger partial charge in [-0.2, -0.15) is 0 Å². The van der Waals surface area contributed by atoms with Crippen LogP contribution in [0.4, 0.5) is 4.39 Å². The third-order valence-electron chi connectivity index (χ3n) is 5.67. The molecule has 2 aliphatic heterocycles. The second-order valence-electron chi connectivity index (χ2n) is 7.34. The molecule has 2 unspecified atom stereocenters. The van der Waals surface area contributed by atoms with Gasteiger partial charge in [0.1, 0.15) is 11.6 Å². The number of Topliss-reactive ketones (excluding diaryl/α,β-unsaturated/α-hetero) is 1. The number of nitrogens with zero attached hydrogens (tertiary/aromatic N) is 2. The Morgan fingerprint density at radius 3 is 2.86 bits per heavy atom. The second-order valence-corrected chi connectivity index (χ2v) is 8.19. The van der Waals surface area contributed by atoms with Crippen LogP contribution in [-0.2, 0) is 14.3 Å². The van der Waals surface area contributed by atoms with Crippen molar-refractivity contribution < 1.29 is 18.7 Å². The Morgan fingerprint density at radius 2 is 2.11 bits per heavy atom.